The Bertz CT molecular complexity index is 443. The molecule has 1 rings (SSSR count). The predicted molar refractivity (Wildman–Crippen MR) is 101 cm³/mol. The number of halogens is 1. The van der Waals surface area contributed by atoms with Crippen molar-refractivity contribution >= 4 is 29.9 Å². The summed E-state index contributed by atoms with van der Waals surface area (Å²) in [6.07, 6.45) is 0. The molecular formula is C16H28IN3O. The minimum Gasteiger partial charge on any atom is -0.497 e. The van der Waals surface area contributed by atoms with Crippen molar-refractivity contribution in [3.63, 3.8) is 0 Å². The molecule has 0 saturated heterocycles. The minimum absolute atomic E-state index is 0. The molecule has 0 aliphatic carbocycles. The fraction of sp³-hybridized carbons (Fsp3) is 0.562. The maximum Gasteiger partial charge on any atom is 0.195 e. The van der Waals surface area contributed by atoms with Gasteiger partial charge in [-0.1, -0.05) is 26.0 Å². The lowest BCUT2D eigenvalue weighted by molar-refractivity contribution is 0.414. The van der Waals surface area contributed by atoms with Crippen LogP contribution in [0.2, 0.25) is 0 Å². The maximum absolute atomic E-state index is 5.20. The van der Waals surface area contributed by atoms with E-state index in [2.05, 4.69) is 26.0 Å². The standard InChI is InChI=1S/C16H27N3O.HI/c1-16(2,12-17-15(18(3)4)19(5)6)13-8-10-14(20-7)11-9-13;/h8-11H,12H2,1-7H3;1H. The van der Waals surface area contributed by atoms with Crippen LogP contribution in [0.3, 0.4) is 0 Å². The number of rotatable bonds is 4. The maximum atomic E-state index is 5.20. The Kier molecular flexibility index (Phi) is 8.06. The molecule has 0 N–H and O–H groups in total. The zero-order valence-corrected chi connectivity index (χ0v) is 16.5. The number of benzene rings is 1. The first-order valence-electron chi connectivity index (χ1n) is 6.81. The van der Waals surface area contributed by atoms with E-state index in [0.717, 1.165) is 18.3 Å². The zero-order valence-electron chi connectivity index (χ0n) is 14.2. The van der Waals surface area contributed by atoms with Crippen molar-refractivity contribution in [2.75, 3.05) is 41.8 Å². The molecule has 21 heavy (non-hydrogen) atoms. The summed E-state index contributed by atoms with van der Waals surface area (Å²) in [5.41, 5.74) is 1.25. The number of aliphatic imine (C=N–C) groups is 1. The van der Waals surface area contributed by atoms with Crippen molar-refractivity contribution in [2.45, 2.75) is 19.3 Å². The quantitative estimate of drug-likeness (QED) is 0.438. The van der Waals surface area contributed by atoms with E-state index in [1.165, 1.54) is 5.56 Å². The van der Waals surface area contributed by atoms with Crippen LogP contribution in [0, 0.1) is 0 Å². The molecule has 0 fully saturated rings. The van der Waals surface area contributed by atoms with Gasteiger partial charge in [-0.15, -0.1) is 24.0 Å². The van der Waals surface area contributed by atoms with Crippen molar-refractivity contribution in [3.8, 4) is 5.75 Å². The number of hydrogen-bond acceptors (Lipinski definition) is 2. The molecule has 0 atom stereocenters. The largest absolute Gasteiger partial charge is 0.497 e. The Hall–Kier alpha value is -0.980. The summed E-state index contributed by atoms with van der Waals surface area (Å²) in [5, 5.41) is 0. The lowest BCUT2D eigenvalue weighted by Crippen LogP contribution is -2.36. The first-order chi connectivity index (χ1) is 9.27. The van der Waals surface area contributed by atoms with E-state index in [-0.39, 0.29) is 29.4 Å². The van der Waals surface area contributed by atoms with Crippen LogP contribution >= 0.6 is 24.0 Å². The fourth-order valence-electron chi connectivity index (χ4n) is 2.08. The summed E-state index contributed by atoms with van der Waals surface area (Å²) >= 11 is 0. The first-order valence-corrected chi connectivity index (χ1v) is 6.81. The number of nitrogens with zero attached hydrogens (tertiary/aromatic N) is 3. The van der Waals surface area contributed by atoms with Crippen LogP contribution in [0.5, 0.6) is 5.75 Å². The SMILES string of the molecule is COc1ccc(C(C)(C)CN=C(N(C)C)N(C)C)cc1.I. The number of methoxy groups -OCH3 is 1. The molecule has 0 radical (unpaired) electrons. The van der Waals surface area contributed by atoms with Gasteiger partial charge in [-0.05, 0) is 17.7 Å². The third-order valence-electron chi connectivity index (χ3n) is 3.29. The van der Waals surface area contributed by atoms with Gasteiger partial charge in [-0.25, -0.2) is 0 Å². The monoisotopic (exact) mass is 405 g/mol. The molecule has 120 valence electrons. The average Bonchev–Trinajstić information content (AvgIpc) is 2.38. The van der Waals surface area contributed by atoms with Crippen LogP contribution in [-0.4, -0.2) is 57.6 Å². The Morgan fingerprint density at radius 1 is 1.05 bits per heavy atom. The minimum atomic E-state index is -0.0104. The van der Waals surface area contributed by atoms with Gasteiger partial charge in [-0.3, -0.25) is 4.99 Å². The molecule has 4 nitrogen and oxygen atoms in total. The van der Waals surface area contributed by atoms with E-state index in [1.807, 2.05) is 50.1 Å². The molecule has 0 aliphatic rings. The second-order valence-corrected chi connectivity index (χ2v) is 6.02. The number of guanidine groups is 1. The van der Waals surface area contributed by atoms with Crippen molar-refractivity contribution in [1.82, 2.24) is 9.80 Å². The van der Waals surface area contributed by atoms with Crippen LogP contribution in [0.4, 0.5) is 0 Å². The van der Waals surface area contributed by atoms with E-state index < -0.39 is 0 Å². The van der Waals surface area contributed by atoms with Crippen LogP contribution in [0.1, 0.15) is 19.4 Å². The molecule has 0 aliphatic heterocycles. The van der Waals surface area contributed by atoms with Crippen LogP contribution < -0.4 is 4.74 Å². The lowest BCUT2D eigenvalue weighted by atomic mass is 9.85. The highest BCUT2D eigenvalue weighted by Crippen LogP contribution is 2.25. The lowest BCUT2D eigenvalue weighted by Gasteiger charge is -2.27. The molecule has 0 heterocycles. The summed E-state index contributed by atoms with van der Waals surface area (Å²) in [6.45, 7) is 5.16. The molecule has 0 aromatic heterocycles. The molecular weight excluding hydrogens is 377 g/mol. The molecule has 1 aromatic rings. The van der Waals surface area contributed by atoms with Gasteiger partial charge in [0.25, 0.3) is 0 Å². The number of hydrogen-bond donors (Lipinski definition) is 0. The molecule has 0 unspecified atom stereocenters. The summed E-state index contributed by atoms with van der Waals surface area (Å²) < 4.78 is 5.20. The van der Waals surface area contributed by atoms with Crippen LogP contribution in [-0.2, 0) is 5.41 Å². The van der Waals surface area contributed by atoms with Gasteiger partial charge in [0.1, 0.15) is 5.75 Å². The Morgan fingerprint density at radius 2 is 1.52 bits per heavy atom. The normalized spacial score (nSPS) is 10.4. The second-order valence-electron chi connectivity index (χ2n) is 6.02. The Morgan fingerprint density at radius 3 is 1.90 bits per heavy atom. The van der Waals surface area contributed by atoms with Crippen molar-refractivity contribution in [3.05, 3.63) is 29.8 Å². The summed E-state index contributed by atoms with van der Waals surface area (Å²) in [7, 11) is 9.74. The molecule has 5 heteroatoms. The van der Waals surface area contributed by atoms with Crippen molar-refractivity contribution in [2.24, 2.45) is 4.99 Å². The number of ether oxygens (including phenoxy) is 1. The van der Waals surface area contributed by atoms with E-state index >= 15 is 0 Å². The molecule has 0 spiro atoms. The van der Waals surface area contributed by atoms with Crippen molar-refractivity contribution in [1.29, 1.82) is 0 Å². The molecule has 0 bridgehead atoms. The highest BCUT2D eigenvalue weighted by atomic mass is 127. The second kappa shape index (κ2) is 8.46. The fourth-order valence-corrected chi connectivity index (χ4v) is 2.08. The van der Waals surface area contributed by atoms with Gasteiger partial charge in [-0.2, -0.15) is 0 Å². The van der Waals surface area contributed by atoms with Gasteiger partial charge >= 0.3 is 0 Å². The highest BCUT2D eigenvalue weighted by molar-refractivity contribution is 14.0. The summed E-state index contributed by atoms with van der Waals surface area (Å²) in [4.78, 5) is 8.81. The molecule has 0 saturated carbocycles. The smallest absolute Gasteiger partial charge is 0.195 e. The van der Waals surface area contributed by atoms with Crippen LogP contribution in [0.25, 0.3) is 0 Å². The van der Waals surface area contributed by atoms with E-state index in [4.69, 9.17) is 9.73 Å². The van der Waals surface area contributed by atoms with E-state index in [0.29, 0.717) is 0 Å². The van der Waals surface area contributed by atoms with Gasteiger partial charge in [0.15, 0.2) is 5.96 Å². The zero-order chi connectivity index (χ0) is 15.3. The Balaban J connectivity index is 0.00000400. The van der Waals surface area contributed by atoms with Crippen LogP contribution in [0.15, 0.2) is 29.3 Å². The third-order valence-corrected chi connectivity index (χ3v) is 3.29. The van der Waals surface area contributed by atoms with Gasteiger partial charge in [0.05, 0.1) is 13.7 Å². The van der Waals surface area contributed by atoms with Gasteiger partial charge in [0, 0.05) is 33.6 Å². The highest BCUT2D eigenvalue weighted by Gasteiger charge is 2.21. The van der Waals surface area contributed by atoms with Gasteiger partial charge < -0.3 is 14.5 Å². The molecule has 1 aromatic carbocycles. The summed E-state index contributed by atoms with van der Waals surface area (Å²) in [5.74, 6) is 1.86. The van der Waals surface area contributed by atoms with E-state index in [1.54, 1.807) is 7.11 Å². The Labute approximate surface area is 146 Å². The van der Waals surface area contributed by atoms with E-state index in [9.17, 15) is 0 Å². The molecule has 0 amide bonds. The summed E-state index contributed by atoms with van der Waals surface area (Å²) in [6, 6.07) is 8.22. The average molecular weight is 405 g/mol. The van der Waals surface area contributed by atoms with Gasteiger partial charge in [0.2, 0.25) is 0 Å². The third kappa shape index (κ3) is 5.73. The predicted octanol–water partition coefficient (Wildman–Crippen LogP) is 3.07. The van der Waals surface area contributed by atoms with Crippen molar-refractivity contribution < 1.29 is 4.74 Å². The first kappa shape index (κ1) is 20.0. The topological polar surface area (TPSA) is 28.1 Å².